The Balaban J connectivity index is 2.07. The number of amides is 1. The number of nitrogens with zero attached hydrogens (tertiary/aromatic N) is 3. The average molecular weight is 504 g/mol. The van der Waals surface area contributed by atoms with Crippen molar-refractivity contribution in [3.63, 3.8) is 0 Å². The van der Waals surface area contributed by atoms with Crippen LogP contribution in [0.2, 0.25) is 0 Å². The van der Waals surface area contributed by atoms with Crippen LogP contribution >= 0.6 is 0 Å². The maximum atomic E-state index is 13.4. The van der Waals surface area contributed by atoms with E-state index in [4.69, 9.17) is 4.74 Å². The molecule has 8 nitrogen and oxygen atoms in total. The molecule has 0 aliphatic heterocycles. The Labute approximate surface area is 206 Å². The van der Waals surface area contributed by atoms with Gasteiger partial charge in [-0.2, -0.15) is 13.2 Å². The van der Waals surface area contributed by atoms with Crippen LogP contribution in [0.1, 0.15) is 25.0 Å². The van der Waals surface area contributed by atoms with Gasteiger partial charge in [-0.15, -0.1) is 0 Å². The summed E-state index contributed by atoms with van der Waals surface area (Å²) in [5.74, 6) is 0.145. The first kappa shape index (κ1) is 26.9. The molecule has 0 fully saturated rings. The average Bonchev–Trinajstić information content (AvgIpc) is 2.77. The van der Waals surface area contributed by atoms with Crippen LogP contribution in [0, 0.1) is 0 Å². The van der Waals surface area contributed by atoms with E-state index in [2.05, 4.69) is 20.6 Å². The molecule has 3 rings (SSSR count). The van der Waals surface area contributed by atoms with E-state index in [1.165, 1.54) is 39.4 Å². The number of alkyl halides is 3. The monoisotopic (exact) mass is 503 g/mol. The minimum absolute atomic E-state index is 0.0327. The lowest BCUT2D eigenvalue weighted by Gasteiger charge is -2.24. The van der Waals surface area contributed by atoms with Crippen LogP contribution in [-0.2, 0) is 16.6 Å². The molecule has 0 radical (unpaired) electrons. The van der Waals surface area contributed by atoms with E-state index in [-0.39, 0.29) is 23.0 Å². The SMILES string of the molecule is COc1cc2ncnc(Nc3cc(C(F)(F)F)ccc3C(C)(C)O)c2cc1NC(=O)C=CCN(C)C. The molecule has 0 aliphatic carbocycles. The molecule has 1 aromatic heterocycles. The number of anilines is 3. The van der Waals surface area contributed by atoms with Gasteiger partial charge < -0.3 is 25.4 Å². The predicted molar refractivity (Wildman–Crippen MR) is 132 cm³/mol. The Morgan fingerprint density at radius 1 is 1.14 bits per heavy atom. The summed E-state index contributed by atoms with van der Waals surface area (Å²) in [7, 11) is 5.19. The van der Waals surface area contributed by atoms with Crippen molar-refractivity contribution in [3.05, 3.63) is 59.9 Å². The fraction of sp³-hybridized carbons (Fsp3) is 0.320. The van der Waals surface area contributed by atoms with Crippen molar-refractivity contribution >= 4 is 34.0 Å². The molecule has 3 N–H and O–H groups in total. The zero-order valence-corrected chi connectivity index (χ0v) is 20.6. The molecule has 1 amide bonds. The molecule has 0 saturated heterocycles. The van der Waals surface area contributed by atoms with Crippen LogP contribution < -0.4 is 15.4 Å². The van der Waals surface area contributed by atoms with Crippen LogP contribution in [0.5, 0.6) is 5.75 Å². The van der Waals surface area contributed by atoms with Gasteiger partial charge in [-0.25, -0.2) is 9.97 Å². The second-order valence-electron chi connectivity index (χ2n) is 8.89. The summed E-state index contributed by atoms with van der Waals surface area (Å²) in [6.45, 7) is 3.52. The maximum absolute atomic E-state index is 13.4. The summed E-state index contributed by atoms with van der Waals surface area (Å²) in [6.07, 6.45) is -0.232. The summed E-state index contributed by atoms with van der Waals surface area (Å²) in [5.41, 5.74) is -1.27. The zero-order valence-electron chi connectivity index (χ0n) is 20.6. The number of likely N-dealkylation sites (N-methyl/N-ethyl adjacent to an activating group) is 1. The molecule has 0 aliphatic rings. The minimum atomic E-state index is -4.58. The lowest BCUT2D eigenvalue weighted by atomic mass is 9.94. The van der Waals surface area contributed by atoms with Crippen LogP contribution in [0.15, 0.2) is 48.8 Å². The number of hydrogen-bond donors (Lipinski definition) is 3. The summed E-state index contributed by atoms with van der Waals surface area (Å²) in [5, 5.41) is 16.6. The third-order valence-corrected chi connectivity index (χ3v) is 5.21. The van der Waals surface area contributed by atoms with Crippen molar-refractivity contribution in [3.8, 4) is 5.75 Å². The van der Waals surface area contributed by atoms with Crippen LogP contribution in [0.3, 0.4) is 0 Å². The number of benzene rings is 2. The van der Waals surface area contributed by atoms with E-state index in [1.807, 2.05) is 19.0 Å². The summed E-state index contributed by atoms with van der Waals surface area (Å²) in [4.78, 5) is 22.7. The Hall–Kier alpha value is -3.70. The van der Waals surface area contributed by atoms with E-state index < -0.39 is 17.3 Å². The molecule has 11 heteroatoms. The Bertz CT molecular complexity index is 1280. The number of hydrogen-bond acceptors (Lipinski definition) is 7. The molecule has 0 unspecified atom stereocenters. The quantitative estimate of drug-likeness (QED) is 0.384. The third-order valence-electron chi connectivity index (χ3n) is 5.21. The van der Waals surface area contributed by atoms with E-state index in [0.29, 0.717) is 28.9 Å². The molecule has 0 spiro atoms. The molecule has 0 saturated carbocycles. The number of halogens is 3. The second-order valence-corrected chi connectivity index (χ2v) is 8.89. The van der Waals surface area contributed by atoms with Crippen molar-refractivity contribution in [2.75, 3.05) is 38.4 Å². The molecule has 2 aromatic carbocycles. The molecule has 1 heterocycles. The molecular weight excluding hydrogens is 475 g/mol. The van der Waals surface area contributed by atoms with Crippen LogP contribution in [-0.4, -0.2) is 53.6 Å². The number of aromatic nitrogens is 2. The van der Waals surface area contributed by atoms with Crippen molar-refractivity contribution in [1.29, 1.82) is 0 Å². The van der Waals surface area contributed by atoms with Crippen molar-refractivity contribution in [2.45, 2.75) is 25.6 Å². The number of methoxy groups -OCH3 is 1. The maximum Gasteiger partial charge on any atom is 0.416 e. The summed E-state index contributed by atoms with van der Waals surface area (Å²) >= 11 is 0. The fourth-order valence-electron chi connectivity index (χ4n) is 3.48. The van der Waals surface area contributed by atoms with E-state index in [0.717, 1.165) is 12.1 Å². The van der Waals surface area contributed by atoms with Gasteiger partial charge in [-0.3, -0.25) is 4.79 Å². The Kier molecular flexibility index (Phi) is 7.85. The van der Waals surface area contributed by atoms with Gasteiger partial charge >= 0.3 is 6.18 Å². The topological polar surface area (TPSA) is 99.6 Å². The van der Waals surface area contributed by atoms with E-state index >= 15 is 0 Å². The summed E-state index contributed by atoms with van der Waals surface area (Å²) < 4.78 is 45.6. The number of rotatable bonds is 8. The minimum Gasteiger partial charge on any atom is -0.494 e. The van der Waals surface area contributed by atoms with E-state index in [9.17, 15) is 23.1 Å². The molecule has 3 aromatic rings. The molecule has 192 valence electrons. The lowest BCUT2D eigenvalue weighted by Crippen LogP contribution is -2.19. The number of carbonyl (C=O) groups excluding carboxylic acids is 1. The first-order valence-corrected chi connectivity index (χ1v) is 11.0. The molecular formula is C25H28F3N5O3. The van der Waals surface area contributed by atoms with Crippen LogP contribution in [0.25, 0.3) is 10.9 Å². The molecule has 0 bridgehead atoms. The number of carbonyl (C=O) groups is 1. The molecule has 0 atom stereocenters. The Morgan fingerprint density at radius 2 is 1.86 bits per heavy atom. The number of fused-ring (bicyclic) bond motifs is 1. The predicted octanol–water partition coefficient (Wildman–Crippen LogP) is 4.68. The van der Waals surface area contributed by atoms with E-state index in [1.54, 1.807) is 18.2 Å². The lowest BCUT2D eigenvalue weighted by molar-refractivity contribution is -0.137. The largest absolute Gasteiger partial charge is 0.494 e. The number of nitrogens with one attached hydrogen (secondary N) is 2. The standard InChI is InChI=1S/C25H28F3N5O3/c1-24(2,35)17-9-8-15(25(26,27)28)11-19(17)32-23-16-12-20(31-22(34)7-6-10-33(3)4)21(36-5)13-18(16)29-14-30-23/h6-9,11-14,35H,10H2,1-5H3,(H,31,34)(H,29,30,32). The number of ether oxygens (including phenoxy) is 1. The van der Waals surface area contributed by atoms with Gasteiger partial charge in [0.2, 0.25) is 5.91 Å². The van der Waals surface area contributed by atoms with Gasteiger partial charge in [0.25, 0.3) is 0 Å². The highest BCUT2D eigenvalue weighted by Crippen LogP contribution is 2.38. The van der Waals surface area contributed by atoms with Gasteiger partial charge in [0, 0.05) is 35.3 Å². The fourth-order valence-corrected chi connectivity index (χ4v) is 3.48. The third kappa shape index (κ3) is 6.49. The zero-order chi connectivity index (χ0) is 26.7. The smallest absolute Gasteiger partial charge is 0.416 e. The second kappa shape index (κ2) is 10.5. The van der Waals surface area contributed by atoms with Crippen molar-refractivity contribution < 1.29 is 27.8 Å². The highest BCUT2D eigenvalue weighted by atomic mass is 19.4. The van der Waals surface area contributed by atoms with Gasteiger partial charge in [0.15, 0.2) is 0 Å². The normalized spacial score (nSPS) is 12.4. The molecule has 36 heavy (non-hydrogen) atoms. The first-order chi connectivity index (χ1) is 16.8. The highest BCUT2D eigenvalue weighted by Gasteiger charge is 2.32. The van der Waals surface area contributed by atoms with Gasteiger partial charge in [0.05, 0.1) is 29.5 Å². The number of aliphatic hydroxyl groups is 1. The highest BCUT2D eigenvalue weighted by molar-refractivity contribution is 6.03. The van der Waals surface area contributed by atoms with Gasteiger partial charge in [-0.05, 0) is 46.1 Å². The van der Waals surface area contributed by atoms with Gasteiger partial charge in [0.1, 0.15) is 17.9 Å². The van der Waals surface area contributed by atoms with Crippen molar-refractivity contribution in [1.82, 2.24) is 14.9 Å². The van der Waals surface area contributed by atoms with Crippen molar-refractivity contribution in [2.24, 2.45) is 0 Å². The first-order valence-electron chi connectivity index (χ1n) is 11.0. The van der Waals surface area contributed by atoms with Crippen LogP contribution in [0.4, 0.5) is 30.4 Å². The Morgan fingerprint density at radius 3 is 2.47 bits per heavy atom. The van der Waals surface area contributed by atoms with Gasteiger partial charge in [-0.1, -0.05) is 12.1 Å². The summed E-state index contributed by atoms with van der Waals surface area (Å²) in [6, 6.07) is 6.22.